The summed E-state index contributed by atoms with van der Waals surface area (Å²) in [6.07, 6.45) is -8.90. The Morgan fingerprint density at radius 1 is 0.889 bits per heavy atom. The van der Waals surface area contributed by atoms with Gasteiger partial charge in [-0.15, -0.1) is 0 Å². The van der Waals surface area contributed by atoms with Gasteiger partial charge in [0.05, 0.1) is 0 Å². The molecule has 1 rings (SSSR count). The molecule has 1 aliphatic rings. The van der Waals surface area contributed by atoms with E-state index in [1.54, 1.807) is 0 Å². The van der Waals surface area contributed by atoms with E-state index >= 15 is 0 Å². The van der Waals surface area contributed by atoms with E-state index in [1.807, 2.05) is 0 Å². The molecule has 10 nitrogen and oxygen atoms in total. The van der Waals surface area contributed by atoms with Gasteiger partial charge in [-0.1, -0.05) is 0 Å². The number of aliphatic carboxylic acids is 2. The summed E-state index contributed by atoms with van der Waals surface area (Å²) in [6.45, 7) is 0. The highest BCUT2D eigenvalue weighted by Crippen LogP contribution is 2.16. The van der Waals surface area contributed by atoms with E-state index in [1.165, 1.54) is 0 Å². The largest absolute Gasteiger partial charge is 0.479 e. The van der Waals surface area contributed by atoms with Gasteiger partial charge in [0.2, 0.25) is 12.2 Å². The number of aliphatic hydroxyl groups is 2. The molecule has 0 spiro atoms. The molecule has 0 saturated carbocycles. The van der Waals surface area contributed by atoms with Crippen molar-refractivity contribution in [3.8, 4) is 0 Å². The van der Waals surface area contributed by atoms with Gasteiger partial charge in [-0.2, -0.15) is 0 Å². The topological polar surface area (TPSA) is 168 Å². The monoisotopic (exact) mass is 264 g/mol. The molecule has 10 heteroatoms. The first-order valence-electron chi connectivity index (χ1n) is 4.48. The fourth-order valence-corrected chi connectivity index (χ4v) is 1.13. The number of carbonyl (C=O) groups is 4. The summed E-state index contributed by atoms with van der Waals surface area (Å²) < 4.78 is 8.48. The maximum atomic E-state index is 11.2. The van der Waals surface area contributed by atoms with E-state index in [9.17, 15) is 19.2 Å². The predicted molar refractivity (Wildman–Crippen MR) is 47.0 cm³/mol. The minimum absolute atomic E-state index is 1.46. The fraction of sp³-hybridized carbons (Fsp3) is 0.500. The van der Waals surface area contributed by atoms with Gasteiger partial charge in [0.15, 0.2) is 12.2 Å². The summed E-state index contributed by atoms with van der Waals surface area (Å²) in [5, 5.41) is 34.9. The van der Waals surface area contributed by atoms with E-state index in [-0.39, 0.29) is 0 Å². The number of aliphatic hydroxyl groups excluding tert-OH is 2. The Hall–Kier alpha value is -2.20. The molecular weight excluding hydrogens is 256 g/mol. The van der Waals surface area contributed by atoms with Crippen molar-refractivity contribution in [2.75, 3.05) is 0 Å². The zero-order valence-electron chi connectivity index (χ0n) is 8.55. The van der Waals surface area contributed by atoms with E-state index < -0.39 is 48.3 Å². The second-order valence-electron chi connectivity index (χ2n) is 3.28. The highest BCUT2D eigenvalue weighted by atomic mass is 16.7. The summed E-state index contributed by atoms with van der Waals surface area (Å²) >= 11 is 0. The summed E-state index contributed by atoms with van der Waals surface area (Å²) in [7, 11) is 0. The van der Waals surface area contributed by atoms with Crippen LogP contribution in [0, 0.1) is 0 Å². The first kappa shape index (κ1) is 13.9. The van der Waals surface area contributed by atoms with Gasteiger partial charge in [0.1, 0.15) is 0 Å². The van der Waals surface area contributed by atoms with Crippen LogP contribution in [0.3, 0.4) is 0 Å². The highest BCUT2D eigenvalue weighted by Gasteiger charge is 2.48. The van der Waals surface area contributed by atoms with Crippen LogP contribution in [0.1, 0.15) is 0 Å². The summed E-state index contributed by atoms with van der Waals surface area (Å²) in [6, 6.07) is 0. The SMILES string of the molecule is O=C(O)[C@H](O)[C@H]1OC(=O)[C@@H]([C@@H](O)C(=O)O)OC1=O. The lowest BCUT2D eigenvalue weighted by atomic mass is 10.1. The van der Waals surface area contributed by atoms with Crippen molar-refractivity contribution >= 4 is 23.9 Å². The zero-order chi connectivity index (χ0) is 14.0. The van der Waals surface area contributed by atoms with Crippen molar-refractivity contribution in [2.24, 2.45) is 0 Å². The molecule has 1 aliphatic heterocycles. The molecule has 0 aliphatic carbocycles. The number of carboxylic acid groups (broad SMARTS) is 2. The third-order valence-corrected chi connectivity index (χ3v) is 2.03. The van der Waals surface area contributed by atoms with E-state index in [0.717, 1.165) is 0 Å². The van der Waals surface area contributed by atoms with Gasteiger partial charge in [0.25, 0.3) is 0 Å². The average Bonchev–Trinajstić information content (AvgIpc) is 2.29. The van der Waals surface area contributed by atoms with E-state index in [0.29, 0.717) is 0 Å². The number of carboxylic acids is 2. The minimum Gasteiger partial charge on any atom is -0.479 e. The molecule has 0 aromatic heterocycles. The van der Waals surface area contributed by atoms with Gasteiger partial charge < -0.3 is 29.9 Å². The number of carbonyl (C=O) groups excluding carboxylic acids is 2. The minimum atomic E-state index is -2.34. The summed E-state index contributed by atoms with van der Waals surface area (Å²) in [4.78, 5) is 43.2. The van der Waals surface area contributed by atoms with Gasteiger partial charge in [0, 0.05) is 0 Å². The number of esters is 2. The first-order chi connectivity index (χ1) is 8.25. The van der Waals surface area contributed by atoms with Crippen molar-refractivity contribution < 1.29 is 49.1 Å². The number of ether oxygens (including phenoxy) is 2. The van der Waals surface area contributed by atoms with Crippen LogP contribution in [0.15, 0.2) is 0 Å². The van der Waals surface area contributed by atoms with Crippen LogP contribution in [0.4, 0.5) is 0 Å². The van der Waals surface area contributed by atoms with Crippen LogP contribution in [-0.4, -0.2) is 68.7 Å². The normalized spacial score (nSPS) is 26.8. The smallest absolute Gasteiger partial charge is 0.351 e. The Balaban J connectivity index is 2.83. The third kappa shape index (κ3) is 2.55. The Morgan fingerprint density at radius 3 is 1.39 bits per heavy atom. The quantitative estimate of drug-likeness (QED) is 0.377. The van der Waals surface area contributed by atoms with Crippen molar-refractivity contribution in [1.82, 2.24) is 0 Å². The van der Waals surface area contributed by atoms with Crippen molar-refractivity contribution in [2.45, 2.75) is 24.4 Å². The van der Waals surface area contributed by atoms with Gasteiger partial charge in [-0.05, 0) is 0 Å². The molecule has 4 atom stereocenters. The molecule has 0 aromatic carbocycles. The van der Waals surface area contributed by atoms with Gasteiger partial charge >= 0.3 is 23.9 Å². The van der Waals surface area contributed by atoms with Crippen LogP contribution in [0.5, 0.6) is 0 Å². The molecular formula is C8H8O10. The number of hydrogen-bond donors (Lipinski definition) is 4. The van der Waals surface area contributed by atoms with Crippen LogP contribution in [0.2, 0.25) is 0 Å². The highest BCUT2D eigenvalue weighted by molar-refractivity contribution is 5.94. The Labute approximate surface area is 98.3 Å². The summed E-state index contributed by atoms with van der Waals surface area (Å²) in [5.74, 6) is -6.59. The fourth-order valence-electron chi connectivity index (χ4n) is 1.13. The third-order valence-electron chi connectivity index (χ3n) is 2.03. The molecule has 1 heterocycles. The predicted octanol–water partition coefficient (Wildman–Crippen LogP) is -3.29. The maximum absolute atomic E-state index is 11.2. The molecule has 0 unspecified atom stereocenters. The summed E-state index contributed by atoms with van der Waals surface area (Å²) in [5.41, 5.74) is 0. The molecule has 0 amide bonds. The van der Waals surface area contributed by atoms with Crippen molar-refractivity contribution in [3.63, 3.8) is 0 Å². The molecule has 0 aromatic rings. The lowest BCUT2D eigenvalue weighted by Gasteiger charge is -2.29. The van der Waals surface area contributed by atoms with Crippen LogP contribution in [-0.2, 0) is 28.7 Å². The van der Waals surface area contributed by atoms with E-state index in [4.69, 9.17) is 20.4 Å². The Bertz CT molecular complexity index is 363. The standard InChI is InChI=1S/C8H8O10/c9-1(5(11)12)3-7(15)18-4(8(16)17-3)2(10)6(13)14/h1-4,9-10H,(H,11,12)(H,13,14)/t1-,2-,3-,4-/m1/s1. The molecule has 100 valence electrons. The second-order valence-corrected chi connectivity index (χ2v) is 3.28. The molecule has 1 fully saturated rings. The van der Waals surface area contributed by atoms with Crippen LogP contribution < -0.4 is 0 Å². The maximum Gasteiger partial charge on any atom is 0.351 e. The molecule has 4 N–H and O–H groups in total. The van der Waals surface area contributed by atoms with Crippen molar-refractivity contribution in [3.05, 3.63) is 0 Å². The zero-order valence-corrected chi connectivity index (χ0v) is 8.55. The number of rotatable bonds is 4. The van der Waals surface area contributed by atoms with Gasteiger partial charge in [-0.25, -0.2) is 19.2 Å². The molecule has 1 saturated heterocycles. The van der Waals surface area contributed by atoms with Crippen molar-refractivity contribution in [1.29, 1.82) is 0 Å². The first-order valence-corrected chi connectivity index (χ1v) is 4.48. The second kappa shape index (κ2) is 4.98. The molecule has 18 heavy (non-hydrogen) atoms. The molecule has 0 bridgehead atoms. The lowest BCUT2D eigenvalue weighted by molar-refractivity contribution is -0.213. The van der Waals surface area contributed by atoms with E-state index in [2.05, 4.69) is 9.47 Å². The van der Waals surface area contributed by atoms with Crippen LogP contribution in [0.25, 0.3) is 0 Å². The van der Waals surface area contributed by atoms with Crippen LogP contribution >= 0.6 is 0 Å². The average molecular weight is 264 g/mol. The Kier molecular flexibility index (Phi) is 3.83. The number of cyclic esters (lactones) is 2. The van der Waals surface area contributed by atoms with Gasteiger partial charge in [-0.3, -0.25) is 0 Å². The number of hydrogen-bond acceptors (Lipinski definition) is 8. The lowest BCUT2D eigenvalue weighted by Crippen LogP contribution is -2.56. The Morgan fingerprint density at radius 2 is 1.17 bits per heavy atom. The molecule has 0 radical (unpaired) electrons.